The second-order valence-electron chi connectivity index (χ2n) is 7.33. The lowest BCUT2D eigenvalue weighted by atomic mass is 10.1. The fourth-order valence-corrected chi connectivity index (χ4v) is 4.20. The van der Waals surface area contributed by atoms with Gasteiger partial charge >= 0.3 is 0 Å². The summed E-state index contributed by atoms with van der Waals surface area (Å²) in [4.78, 5) is 19.5. The monoisotopic (exact) mass is 349 g/mol. The minimum atomic E-state index is 0.286. The second-order valence-corrected chi connectivity index (χ2v) is 7.33. The van der Waals surface area contributed by atoms with E-state index in [1.165, 1.54) is 16.9 Å². The van der Waals surface area contributed by atoms with Gasteiger partial charge in [-0.1, -0.05) is 36.4 Å². The van der Waals surface area contributed by atoms with Crippen molar-refractivity contribution in [3.05, 3.63) is 60.2 Å². The van der Waals surface area contributed by atoms with Gasteiger partial charge in [0, 0.05) is 56.6 Å². The normalized spacial score (nSPS) is 19.6. The lowest BCUT2D eigenvalue weighted by molar-refractivity contribution is -0.131. The maximum Gasteiger partial charge on any atom is 0.224 e. The summed E-state index contributed by atoms with van der Waals surface area (Å²) in [7, 11) is 0. The molecule has 1 amide bonds. The molecule has 1 saturated heterocycles. The molecular weight excluding hydrogens is 322 g/mol. The van der Waals surface area contributed by atoms with Crippen molar-refractivity contribution in [3.63, 3.8) is 0 Å². The molecule has 2 aromatic carbocycles. The van der Waals surface area contributed by atoms with E-state index in [1.54, 1.807) is 0 Å². The summed E-state index contributed by atoms with van der Waals surface area (Å²) in [5.41, 5.74) is 3.97. The van der Waals surface area contributed by atoms with Crippen molar-refractivity contribution in [2.45, 2.75) is 25.8 Å². The number of carbonyl (C=O) groups is 1. The van der Waals surface area contributed by atoms with Crippen molar-refractivity contribution in [1.82, 2.24) is 4.90 Å². The minimum Gasteiger partial charge on any atom is -0.368 e. The molecule has 0 bridgehead atoms. The quantitative estimate of drug-likeness (QED) is 0.848. The van der Waals surface area contributed by atoms with E-state index >= 15 is 0 Å². The van der Waals surface area contributed by atoms with E-state index in [-0.39, 0.29) is 5.91 Å². The van der Waals surface area contributed by atoms with E-state index in [0.29, 0.717) is 12.5 Å². The van der Waals surface area contributed by atoms with Gasteiger partial charge in [-0.3, -0.25) is 4.79 Å². The van der Waals surface area contributed by atoms with Crippen LogP contribution in [0.1, 0.15) is 18.9 Å². The van der Waals surface area contributed by atoms with E-state index in [0.717, 1.165) is 39.1 Å². The Hall–Kier alpha value is -2.49. The molecule has 1 fully saturated rings. The zero-order valence-electron chi connectivity index (χ0n) is 15.5. The second kappa shape index (κ2) is 7.40. The van der Waals surface area contributed by atoms with Crippen molar-refractivity contribution in [2.24, 2.45) is 0 Å². The van der Waals surface area contributed by atoms with Gasteiger partial charge < -0.3 is 14.7 Å². The highest BCUT2D eigenvalue weighted by molar-refractivity contribution is 5.77. The van der Waals surface area contributed by atoms with Gasteiger partial charge in [-0.2, -0.15) is 0 Å². The van der Waals surface area contributed by atoms with E-state index in [2.05, 4.69) is 65.3 Å². The standard InChI is InChI=1S/C22H27N3O/c1-18-17-19-7-5-6-10-21(19)25(18)12-11-22(26)24-15-13-23(14-16-24)20-8-3-2-4-9-20/h2-10,18H,11-17H2,1H3. The third-order valence-electron chi connectivity index (χ3n) is 5.67. The molecule has 0 aliphatic carbocycles. The number of carbonyl (C=O) groups excluding carboxylic acids is 1. The smallest absolute Gasteiger partial charge is 0.224 e. The first-order valence-electron chi connectivity index (χ1n) is 9.65. The van der Waals surface area contributed by atoms with Crippen LogP contribution in [0.15, 0.2) is 54.6 Å². The van der Waals surface area contributed by atoms with Gasteiger partial charge in [0.05, 0.1) is 0 Å². The zero-order valence-corrected chi connectivity index (χ0v) is 15.5. The van der Waals surface area contributed by atoms with Gasteiger partial charge in [-0.15, -0.1) is 0 Å². The van der Waals surface area contributed by atoms with E-state index < -0.39 is 0 Å². The molecule has 4 heteroatoms. The summed E-state index contributed by atoms with van der Waals surface area (Å²) in [5.74, 6) is 0.286. The van der Waals surface area contributed by atoms with Crippen LogP contribution in [-0.2, 0) is 11.2 Å². The van der Waals surface area contributed by atoms with Crippen LogP contribution in [0.4, 0.5) is 11.4 Å². The van der Waals surface area contributed by atoms with Crippen molar-refractivity contribution in [1.29, 1.82) is 0 Å². The highest BCUT2D eigenvalue weighted by Crippen LogP contribution is 2.31. The molecule has 0 spiro atoms. The number of amides is 1. The topological polar surface area (TPSA) is 26.8 Å². The predicted molar refractivity (Wildman–Crippen MR) is 107 cm³/mol. The van der Waals surface area contributed by atoms with Crippen LogP contribution in [-0.4, -0.2) is 49.6 Å². The Morgan fingerprint density at radius 2 is 1.65 bits per heavy atom. The molecule has 136 valence electrons. The molecule has 0 saturated carbocycles. The summed E-state index contributed by atoms with van der Waals surface area (Å²) in [6, 6.07) is 19.5. The highest BCUT2D eigenvalue weighted by atomic mass is 16.2. The summed E-state index contributed by atoms with van der Waals surface area (Å²) >= 11 is 0. The number of piperazine rings is 1. The van der Waals surface area contributed by atoms with Gasteiger partial charge in [0.1, 0.15) is 0 Å². The number of anilines is 2. The summed E-state index contributed by atoms with van der Waals surface area (Å²) in [6.07, 6.45) is 1.68. The number of hydrogen-bond donors (Lipinski definition) is 0. The first kappa shape index (κ1) is 17.0. The molecule has 0 aromatic heterocycles. The fourth-order valence-electron chi connectivity index (χ4n) is 4.20. The van der Waals surface area contributed by atoms with Crippen LogP contribution in [0, 0.1) is 0 Å². The van der Waals surface area contributed by atoms with Gasteiger partial charge in [0.15, 0.2) is 0 Å². The maximum atomic E-state index is 12.7. The number of fused-ring (bicyclic) bond motifs is 1. The highest BCUT2D eigenvalue weighted by Gasteiger charge is 2.27. The number of nitrogens with zero attached hydrogens (tertiary/aromatic N) is 3. The van der Waals surface area contributed by atoms with Gasteiger partial charge in [0.2, 0.25) is 5.91 Å². The number of para-hydroxylation sites is 2. The predicted octanol–water partition coefficient (Wildman–Crippen LogP) is 3.18. The van der Waals surface area contributed by atoms with Crippen LogP contribution < -0.4 is 9.80 Å². The molecule has 2 heterocycles. The van der Waals surface area contributed by atoms with Crippen LogP contribution in [0.5, 0.6) is 0 Å². The average molecular weight is 349 g/mol. The Morgan fingerprint density at radius 1 is 0.962 bits per heavy atom. The molecule has 2 aliphatic rings. The number of benzene rings is 2. The summed E-state index contributed by atoms with van der Waals surface area (Å²) < 4.78 is 0. The molecule has 26 heavy (non-hydrogen) atoms. The molecule has 0 radical (unpaired) electrons. The Kier molecular flexibility index (Phi) is 4.83. The first-order valence-corrected chi connectivity index (χ1v) is 9.65. The Balaban J connectivity index is 1.30. The largest absolute Gasteiger partial charge is 0.368 e. The Morgan fingerprint density at radius 3 is 2.42 bits per heavy atom. The van der Waals surface area contributed by atoms with Crippen molar-refractivity contribution in [2.75, 3.05) is 42.5 Å². The van der Waals surface area contributed by atoms with Gasteiger partial charge in [-0.05, 0) is 37.1 Å². The molecular formula is C22H27N3O. The molecule has 0 N–H and O–H groups in total. The molecule has 4 rings (SSSR count). The van der Waals surface area contributed by atoms with Gasteiger partial charge in [0.25, 0.3) is 0 Å². The molecule has 1 atom stereocenters. The Labute approximate surface area is 156 Å². The lowest BCUT2D eigenvalue weighted by Crippen LogP contribution is -2.49. The molecule has 2 aromatic rings. The van der Waals surface area contributed by atoms with E-state index in [9.17, 15) is 4.79 Å². The van der Waals surface area contributed by atoms with E-state index in [4.69, 9.17) is 0 Å². The Bertz CT molecular complexity index is 753. The van der Waals surface area contributed by atoms with Crippen molar-refractivity contribution < 1.29 is 4.79 Å². The number of hydrogen-bond acceptors (Lipinski definition) is 3. The third kappa shape index (κ3) is 3.41. The maximum absolute atomic E-state index is 12.7. The average Bonchev–Trinajstić information content (AvgIpc) is 3.02. The van der Waals surface area contributed by atoms with Crippen molar-refractivity contribution in [3.8, 4) is 0 Å². The SMILES string of the molecule is CC1Cc2ccccc2N1CCC(=O)N1CCN(c2ccccc2)CC1. The van der Waals surface area contributed by atoms with Crippen LogP contribution in [0.3, 0.4) is 0 Å². The fraction of sp³-hybridized carbons (Fsp3) is 0.409. The minimum absolute atomic E-state index is 0.286. The van der Waals surface area contributed by atoms with Gasteiger partial charge in [-0.25, -0.2) is 0 Å². The first-order chi connectivity index (χ1) is 12.7. The van der Waals surface area contributed by atoms with E-state index in [1.807, 2.05) is 11.0 Å². The summed E-state index contributed by atoms with van der Waals surface area (Å²) in [5, 5.41) is 0. The van der Waals surface area contributed by atoms with Crippen molar-refractivity contribution >= 4 is 17.3 Å². The zero-order chi connectivity index (χ0) is 17.9. The summed E-state index contributed by atoms with van der Waals surface area (Å²) in [6.45, 7) is 6.54. The van der Waals surface area contributed by atoms with Crippen LogP contribution in [0.25, 0.3) is 0 Å². The molecule has 1 unspecified atom stereocenters. The molecule has 4 nitrogen and oxygen atoms in total. The third-order valence-corrected chi connectivity index (χ3v) is 5.67. The lowest BCUT2D eigenvalue weighted by Gasteiger charge is -2.36. The number of rotatable bonds is 4. The van der Waals surface area contributed by atoms with Crippen LogP contribution in [0.2, 0.25) is 0 Å². The van der Waals surface area contributed by atoms with Crippen LogP contribution >= 0.6 is 0 Å². The molecule has 2 aliphatic heterocycles.